The Morgan fingerprint density at radius 3 is 2.24 bits per heavy atom. The number of hydrogen-bond donors (Lipinski definition) is 1. The number of ether oxygens (including phenoxy) is 1. The molecule has 4 nitrogen and oxygen atoms in total. The highest BCUT2D eigenvalue weighted by Gasteiger charge is 2.53. The van der Waals surface area contributed by atoms with Crippen molar-refractivity contribution >= 4 is 22.4 Å². The number of carbonyl (C=O) groups is 1. The summed E-state index contributed by atoms with van der Waals surface area (Å²) in [5, 5.41) is 5.86. The Morgan fingerprint density at radius 1 is 1.00 bits per heavy atom. The summed E-state index contributed by atoms with van der Waals surface area (Å²) >= 11 is 1.49. The third-order valence-electron chi connectivity index (χ3n) is 7.47. The Balaban J connectivity index is 1.26. The topological polar surface area (TPSA) is 51.2 Å². The van der Waals surface area contributed by atoms with E-state index in [1.54, 1.807) is 7.11 Å². The van der Waals surface area contributed by atoms with Crippen LogP contribution in [0.25, 0.3) is 0 Å². The number of nitrogens with zero attached hydrogens (tertiary/aromatic N) is 1. The quantitative estimate of drug-likeness (QED) is 0.372. The number of nitrogens with one attached hydrogen (secondary N) is 1. The zero-order chi connectivity index (χ0) is 23.3. The van der Waals surface area contributed by atoms with Gasteiger partial charge in [-0.2, -0.15) is 0 Å². The molecule has 3 aliphatic carbocycles. The van der Waals surface area contributed by atoms with Crippen LogP contribution in [-0.2, 0) is 11.2 Å². The van der Waals surface area contributed by atoms with Crippen LogP contribution < -0.4 is 10.1 Å². The number of thiazole rings is 1. The Kier molecular flexibility index (Phi) is 5.03. The lowest BCUT2D eigenvalue weighted by Crippen LogP contribution is -2.47. The van der Waals surface area contributed by atoms with E-state index in [0.717, 1.165) is 29.8 Å². The Bertz CT molecular complexity index is 1330. The molecule has 1 N–H and O–H groups in total. The van der Waals surface area contributed by atoms with E-state index in [1.165, 1.54) is 33.6 Å². The molecule has 0 saturated heterocycles. The summed E-state index contributed by atoms with van der Waals surface area (Å²) in [6.45, 7) is 2.12. The second kappa shape index (κ2) is 8.10. The van der Waals surface area contributed by atoms with Crippen LogP contribution in [0.15, 0.2) is 78.2 Å². The number of carbonyl (C=O) groups excluding carboxylic acids is 1. The first-order chi connectivity index (χ1) is 16.6. The van der Waals surface area contributed by atoms with E-state index in [4.69, 9.17) is 9.72 Å². The zero-order valence-electron chi connectivity index (χ0n) is 19.2. The second-order valence-electron chi connectivity index (χ2n) is 9.49. The first-order valence-electron chi connectivity index (χ1n) is 11.6. The summed E-state index contributed by atoms with van der Waals surface area (Å²) in [6, 6.07) is 25.3. The van der Waals surface area contributed by atoms with Crippen molar-refractivity contribution in [3.05, 3.63) is 112 Å². The van der Waals surface area contributed by atoms with Crippen LogP contribution in [0.3, 0.4) is 0 Å². The fraction of sp³-hybridized carbons (Fsp3) is 0.241. The van der Waals surface area contributed by atoms with Crippen molar-refractivity contribution in [3.8, 4) is 5.75 Å². The van der Waals surface area contributed by atoms with Gasteiger partial charge in [-0.15, -0.1) is 11.3 Å². The van der Waals surface area contributed by atoms with Crippen molar-refractivity contribution in [1.29, 1.82) is 0 Å². The number of hydrogen-bond acceptors (Lipinski definition) is 4. The smallest absolute Gasteiger partial charge is 0.233 e. The van der Waals surface area contributed by atoms with Gasteiger partial charge in [-0.3, -0.25) is 4.79 Å². The number of benzene rings is 3. The van der Waals surface area contributed by atoms with Crippen LogP contribution in [0, 0.1) is 5.41 Å². The predicted octanol–water partition coefficient (Wildman–Crippen LogP) is 6.37. The molecule has 5 heteroatoms. The molecule has 3 aliphatic rings. The first kappa shape index (κ1) is 21.1. The molecule has 0 spiro atoms. The SMILES string of the molecule is COc1ccc(Cc2csc(NC(=O)C3(C)CC4c5ccccc5C3c3ccccc34)n2)cc1. The minimum Gasteiger partial charge on any atom is -0.497 e. The molecule has 2 bridgehead atoms. The molecule has 7 rings (SSSR count). The van der Waals surface area contributed by atoms with Gasteiger partial charge in [0.05, 0.1) is 18.2 Å². The highest BCUT2D eigenvalue weighted by Crippen LogP contribution is 2.61. The zero-order valence-corrected chi connectivity index (χ0v) is 20.1. The average Bonchev–Trinajstić information content (AvgIpc) is 3.31. The molecule has 0 aliphatic heterocycles. The van der Waals surface area contributed by atoms with Gasteiger partial charge < -0.3 is 10.1 Å². The molecule has 1 aromatic heterocycles. The molecule has 170 valence electrons. The van der Waals surface area contributed by atoms with Crippen LogP contribution in [-0.4, -0.2) is 18.0 Å². The molecule has 34 heavy (non-hydrogen) atoms. The lowest BCUT2D eigenvalue weighted by Gasteiger charge is -2.50. The molecule has 1 unspecified atom stereocenters. The summed E-state index contributed by atoms with van der Waals surface area (Å²) < 4.78 is 5.24. The van der Waals surface area contributed by atoms with Gasteiger partial charge in [0.15, 0.2) is 5.13 Å². The highest BCUT2D eigenvalue weighted by atomic mass is 32.1. The van der Waals surface area contributed by atoms with Gasteiger partial charge in [0, 0.05) is 23.6 Å². The van der Waals surface area contributed by atoms with Crippen LogP contribution >= 0.6 is 11.3 Å². The van der Waals surface area contributed by atoms with Gasteiger partial charge in [-0.1, -0.05) is 60.7 Å². The van der Waals surface area contributed by atoms with Gasteiger partial charge >= 0.3 is 0 Å². The normalized spacial score (nSPS) is 22.1. The summed E-state index contributed by atoms with van der Waals surface area (Å²) in [5.74, 6) is 1.18. The van der Waals surface area contributed by atoms with Gasteiger partial charge in [0.25, 0.3) is 0 Å². The van der Waals surface area contributed by atoms with Crippen LogP contribution in [0.2, 0.25) is 0 Å². The second-order valence-corrected chi connectivity index (χ2v) is 10.3. The van der Waals surface area contributed by atoms with E-state index in [-0.39, 0.29) is 17.7 Å². The van der Waals surface area contributed by atoms with Crippen molar-refractivity contribution < 1.29 is 9.53 Å². The standard InChI is InChI=1S/C29H26N2O2S/c1-29(16-25-21-7-3-5-9-23(21)26(29)24-10-6-4-8-22(24)25)27(32)31-28-30-19(17-34-28)15-18-11-13-20(33-2)14-12-18/h3-14,17,25-26H,15-16H2,1-2H3,(H,30,31,32). The molecule has 0 fully saturated rings. The molecule has 1 heterocycles. The monoisotopic (exact) mass is 466 g/mol. The lowest BCUT2D eigenvalue weighted by atomic mass is 9.52. The van der Waals surface area contributed by atoms with Crippen LogP contribution in [0.1, 0.15) is 58.7 Å². The van der Waals surface area contributed by atoms with Crippen molar-refractivity contribution in [1.82, 2.24) is 4.98 Å². The molecule has 1 amide bonds. The highest BCUT2D eigenvalue weighted by molar-refractivity contribution is 7.13. The Hall–Kier alpha value is -3.44. The molecule has 4 aromatic rings. The van der Waals surface area contributed by atoms with Gasteiger partial charge in [0.2, 0.25) is 5.91 Å². The molecular weight excluding hydrogens is 440 g/mol. The molecular formula is C29H26N2O2S. The van der Waals surface area contributed by atoms with Gasteiger partial charge in [-0.25, -0.2) is 4.98 Å². The molecule has 3 aromatic carbocycles. The van der Waals surface area contributed by atoms with E-state index in [9.17, 15) is 4.79 Å². The maximum Gasteiger partial charge on any atom is 0.233 e. The van der Waals surface area contributed by atoms with Crippen molar-refractivity contribution in [2.24, 2.45) is 5.41 Å². The first-order valence-corrected chi connectivity index (χ1v) is 12.5. The summed E-state index contributed by atoms with van der Waals surface area (Å²) in [4.78, 5) is 18.5. The summed E-state index contributed by atoms with van der Waals surface area (Å²) in [5.41, 5.74) is 6.89. The van der Waals surface area contributed by atoms with Crippen molar-refractivity contribution in [3.63, 3.8) is 0 Å². The number of anilines is 1. The number of amides is 1. The van der Waals surface area contributed by atoms with E-state index in [2.05, 4.69) is 60.8 Å². The molecule has 1 atom stereocenters. The summed E-state index contributed by atoms with van der Waals surface area (Å²) in [7, 11) is 1.67. The van der Waals surface area contributed by atoms with Gasteiger partial charge in [-0.05, 0) is 53.3 Å². The maximum absolute atomic E-state index is 13.8. The number of methoxy groups -OCH3 is 1. The Labute approximate surface area is 203 Å². The van der Waals surface area contributed by atoms with Crippen LogP contribution in [0.4, 0.5) is 5.13 Å². The minimum absolute atomic E-state index is 0.0450. The predicted molar refractivity (Wildman–Crippen MR) is 136 cm³/mol. The summed E-state index contributed by atoms with van der Waals surface area (Å²) in [6.07, 6.45) is 1.53. The van der Waals surface area contributed by atoms with Crippen molar-refractivity contribution in [2.45, 2.75) is 31.6 Å². The van der Waals surface area contributed by atoms with E-state index in [1.807, 2.05) is 29.6 Å². The number of aromatic nitrogens is 1. The largest absolute Gasteiger partial charge is 0.497 e. The molecule has 0 radical (unpaired) electrons. The lowest BCUT2D eigenvalue weighted by molar-refractivity contribution is -0.126. The van der Waals surface area contributed by atoms with Gasteiger partial charge in [0.1, 0.15) is 5.75 Å². The average molecular weight is 467 g/mol. The maximum atomic E-state index is 13.8. The Morgan fingerprint density at radius 2 is 1.62 bits per heavy atom. The number of rotatable bonds is 5. The van der Waals surface area contributed by atoms with E-state index >= 15 is 0 Å². The fourth-order valence-corrected chi connectivity index (χ4v) is 6.53. The fourth-order valence-electron chi connectivity index (χ4n) is 5.83. The van der Waals surface area contributed by atoms with Crippen molar-refractivity contribution in [2.75, 3.05) is 12.4 Å². The van der Waals surface area contributed by atoms with E-state index in [0.29, 0.717) is 5.13 Å². The third-order valence-corrected chi connectivity index (χ3v) is 8.27. The van der Waals surface area contributed by atoms with Crippen LogP contribution in [0.5, 0.6) is 5.75 Å². The third kappa shape index (κ3) is 3.34. The molecule has 0 saturated carbocycles. The minimum atomic E-state index is -0.533. The number of fused-ring (bicyclic) bond motifs is 1. The van der Waals surface area contributed by atoms with E-state index < -0.39 is 5.41 Å².